The Balaban J connectivity index is 1.68. The molecule has 0 atom stereocenters. The Bertz CT molecular complexity index is 966. The Hall–Kier alpha value is -3.88. The maximum Gasteiger partial charge on any atom is 0.313 e. The lowest BCUT2D eigenvalue weighted by Crippen LogP contribution is -1.98. The summed E-state index contributed by atoms with van der Waals surface area (Å²) < 4.78 is 16.2. The van der Waals surface area contributed by atoms with Crippen LogP contribution in [0, 0.1) is 10.1 Å². The number of nitro benzene ring substituents is 1. The number of ether oxygens (including phenoxy) is 2. The van der Waals surface area contributed by atoms with E-state index in [1.807, 2.05) is 6.07 Å². The minimum atomic E-state index is -0.442. The molecule has 0 amide bonds. The monoisotopic (exact) mass is 368 g/mol. The second-order valence-corrected chi connectivity index (χ2v) is 5.43. The molecule has 0 fully saturated rings. The van der Waals surface area contributed by atoms with Crippen molar-refractivity contribution in [2.75, 3.05) is 12.8 Å². The summed E-state index contributed by atoms with van der Waals surface area (Å²) in [5, 5.41) is 18.0. The normalized spacial score (nSPS) is 10.9. The number of benzene rings is 2. The first kappa shape index (κ1) is 17.9. The van der Waals surface area contributed by atoms with Gasteiger partial charge in [-0.25, -0.2) is 0 Å². The van der Waals surface area contributed by atoms with Crippen LogP contribution in [-0.4, -0.2) is 22.2 Å². The predicted octanol–water partition coefficient (Wildman–Crippen LogP) is 3.32. The van der Waals surface area contributed by atoms with Gasteiger partial charge in [0.2, 0.25) is 5.89 Å². The molecule has 9 heteroatoms. The van der Waals surface area contributed by atoms with Crippen LogP contribution in [-0.2, 0) is 6.61 Å². The number of rotatable bonds is 7. The number of methoxy groups -OCH3 is 1. The highest BCUT2D eigenvalue weighted by molar-refractivity contribution is 5.68. The summed E-state index contributed by atoms with van der Waals surface area (Å²) >= 11 is 0. The van der Waals surface area contributed by atoms with E-state index in [2.05, 4.69) is 10.2 Å². The van der Waals surface area contributed by atoms with Crippen LogP contribution in [0.2, 0.25) is 0 Å². The molecule has 138 valence electrons. The molecule has 1 heterocycles. The third-order valence-corrected chi connectivity index (χ3v) is 3.60. The van der Waals surface area contributed by atoms with E-state index >= 15 is 0 Å². The number of nitrogen functional groups attached to an aromatic ring is 1. The highest BCUT2D eigenvalue weighted by atomic mass is 16.6. The maximum atomic E-state index is 10.7. The molecule has 0 spiro atoms. The van der Waals surface area contributed by atoms with Crippen molar-refractivity contribution in [1.29, 1.82) is 0 Å². The summed E-state index contributed by atoms with van der Waals surface area (Å²) in [6.07, 6.45) is 3.41. The van der Waals surface area contributed by atoms with Gasteiger partial charge in [-0.3, -0.25) is 10.1 Å². The fraction of sp³-hybridized carbons (Fsp3) is 0.111. The molecule has 0 unspecified atom stereocenters. The van der Waals surface area contributed by atoms with Crippen LogP contribution < -0.4 is 15.2 Å². The molecule has 2 aromatic carbocycles. The van der Waals surface area contributed by atoms with Crippen LogP contribution in [0.25, 0.3) is 12.2 Å². The van der Waals surface area contributed by atoms with Crippen molar-refractivity contribution >= 4 is 23.9 Å². The van der Waals surface area contributed by atoms with E-state index in [-0.39, 0.29) is 18.3 Å². The molecule has 0 aliphatic heterocycles. The number of nitrogens with zero attached hydrogens (tertiary/aromatic N) is 3. The molecule has 3 aromatic rings. The number of anilines is 1. The topological polar surface area (TPSA) is 127 Å². The van der Waals surface area contributed by atoms with Crippen molar-refractivity contribution in [1.82, 2.24) is 10.2 Å². The van der Waals surface area contributed by atoms with E-state index in [9.17, 15) is 10.1 Å². The second kappa shape index (κ2) is 8.00. The molecule has 3 rings (SSSR count). The van der Waals surface area contributed by atoms with E-state index in [1.54, 1.807) is 43.5 Å². The lowest BCUT2D eigenvalue weighted by molar-refractivity contribution is -0.384. The molecule has 0 aliphatic carbocycles. The molecule has 0 saturated heterocycles. The van der Waals surface area contributed by atoms with Gasteiger partial charge in [-0.2, -0.15) is 0 Å². The molecule has 0 bridgehead atoms. The third kappa shape index (κ3) is 4.60. The molecule has 0 radical (unpaired) electrons. The van der Waals surface area contributed by atoms with Gasteiger partial charge in [0.25, 0.3) is 5.69 Å². The van der Waals surface area contributed by atoms with Gasteiger partial charge in [0.05, 0.1) is 12.0 Å². The molecular formula is C18H16N4O5. The number of nitrogens with two attached hydrogens (primary N) is 1. The van der Waals surface area contributed by atoms with E-state index in [1.165, 1.54) is 12.1 Å². The standard InChI is InChI=1S/C18H16N4O5/c1-25-16-10-12(5-9-17-20-21-18(19)27-17)4-8-15(16)26-11-13-2-6-14(7-3-13)22(23)24/h2-10H,11H2,1H3,(H2,19,21)/b9-5+. The van der Waals surface area contributed by atoms with Crippen molar-refractivity contribution in [2.45, 2.75) is 6.61 Å². The van der Waals surface area contributed by atoms with Gasteiger partial charge in [0.15, 0.2) is 11.5 Å². The van der Waals surface area contributed by atoms with Crippen LogP contribution >= 0.6 is 0 Å². The van der Waals surface area contributed by atoms with Crippen LogP contribution in [0.15, 0.2) is 46.9 Å². The Morgan fingerprint density at radius 2 is 1.93 bits per heavy atom. The van der Waals surface area contributed by atoms with Crippen molar-refractivity contribution in [3.63, 3.8) is 0 Å². The van der Waals surface area contributed by atoms with Gasteiger partial charge in [0, 0.05) is 18.2 Å². The van der Waals surface area contributed by atoms with Crippen molar-refractivity contribution < 1.29 is 18.8 Å². The van der Waals surface area contributed by atoms with Crippen LogP contribution in [0.3, 0.4) is 0 Å². The van der Waals surface area contributed by atoms with Crippen molar-refractivity contribution in [3.8, 4) is 11.5 Å². The number of aromatic nitrogens is 2. The van der Waals surface area contributed by atoms with E-state index in [4.69, 9.17) is 19.6 Å². The molecule has 27 heavy (non-hydrogen) atoms. The first-order valence-corrected chi connectivity index (χ1v) is 7.86. The highest BCUT2D eigenvalue weighted by Gasteiger charge is 2.08. The van der Waals surface area contributed by atoms with Crippen LogP contribution in [0.1, 0.15) is 17.0 Å². The average Bonchev–Trinajstić information content (AvgIpc) is 3.10. The Labute approximate surface area is 154 Å². The molecule has 1 aromatic heterocycles. The maximum absolute atomic E-state index is 10.7. The molecule has 9 nitrogen and oxygen atoms in total. The Morgan fingerprint density at radius 3 is 2.56 bits per heavy atom. The van der Waals surface area contributed by atoms with Gasteiger partial charge in [-0.1, -0.05) is 11.2 Å². The van der Waals surface area contributed by atoms with E-state index < -0.39 is 4.92 Å². The van der Waals surface area contributed by atoms with Gasteiger partial charge in [-0.05, 0) is 41.5 Å². The number of hydrogen-bond acceptors (Lipinski definition) is 8. The molecule has 0 aliphatic rings. The SMILES string of the molecule is COc1cc(/C=C/c2nnc(N)o2)ccc1OCc1ccc([N+](=O)[O-])cc1. The number of non-ortho nitro benzene ring substituents is 1. The first-order valence-electron chi connectivity index (χ1n) is 7.86. The molecular weight excluding hydrogens is 352 g/mol. The summed E-state index contributed by atoms with van der Waals surface area (Å²) in [5.41, 5.74) is 7.06. The van der Waals surface area contributed by atoms with E-state index in [0.717, 1.165) is 11.1 Å². The zero-order valence-electron chi connectivity index (χ0n) is 14.4. The van der Waals surface area contributed by atoms with Crippen molar-refractivity contribution in [3.05, 3.63) is 69.6 Å². The van der Waals surface area contributed by atoms with Gasteiger partial charge < -0.3 is 19.6 Å². The summed E-state index contributed by atoms with van der Waals surface area (Å²) in [5.74, 6) is 1.39. The Kier molecular flexibility index (Phi) is 5.31. The zero-order valence-corrected chi connectivity index (χ0v) is 14.4. The predicted molar refractivity (Wildman–Crippen MR) is 98.1 cm³/mol. The summed E-state index contributed by atoms with van der Waals surface area (Å²) in [6.45, 7) is 0.255. The molecule has 0 saturated carbocycles. The zero-order chi connectivity index (χ0) is 19.2. The minimum Gasteiger partial charge on any atom is -0.493 e. The largest absolute Gasteiger partial charge is 0.493 e. The smallest absolute Gasteiger partial charge is 0.313 e. The fourth-order valence-corrected chi connectivity index (χ4v) is 2.26. The molecule has 2 N–H and O–H groups in total. The summed E-state index contributed by atoms with van der Waals surface area (Å²) in [6, 6.07) is 11.6. The van der Waals surface area contributed by atoms with Crippen LogP contribution in [0.4, 0.5) is 11.7 Å². The fourth-order valence-electron chi connectivity index (χ4n) is 2.26. The van der Waals surface area contributed by atoms with Gasteiger partial charge >= 0.3 is 6.01 Å². The number of hydrogen-bond donors (Lipinski definition) is 1. The lowest BCUT2D eigenvalue weighted by atomic mass is 10.2. The first-order chi connectivity index (χ1) is 13.0. The third-order valence-electron chi connectivity index (χ3n) is 3.60. The van der Waals surface area contributed by atoms with Crippen LogP contribution in [0.5, 0.6) is 11.5 Å². The van der Waals surface area contributed by atoms with Gasteiger partial charge in [-0.15, -0.1) is 5.10 Å². The average molecular weight is 368 g/mol. The minimum absolute atomic E-state index is 0.00206. The van der Waals surface area contributed by atoms with E-state index in [0.29, 0.717) is 17.4 Å². The second-order valence-electron chi connectivity index (χ2n) is 5.43. The van der Waals surface area contributed by atoms with Crippen molar-refractivity contribution in [2.24, 2.45) is 0 Å². The quantitative estimate of drug-likeness (QED) is 0.497. The summed E-state index contributed by atoms with van der Waals surface area (Å²) in [4.78, 5) is 10.2. The number of nitro groups is 1. The highest BCUT2D eigenvalue weighted by Crippen LogP contribution is 2.29. The van der Waals surface area contributed by atoms with Gasteiger partial charge in [0.1, 0.15) is 6.61 Å². The Morgan fingerprint density at radius 1 is 1.15 bits per heavy atom. The lowest BCUT2D eigenvalue weighted by Gasteiger charge is -2.11. The summed E-state index contributed by atoms with van der Waals surface area (Å²) in [7, 11) is 1.54.